The summed E-state index contributed by atoms with van der Waals surface area (Å²) >= 11 is 0. The van der Waals surface area contributed by atoms with Gasteiger partial charge >= 0.3 is 0 Å². The fourth-order valence-electron chi connectivity index (χ4n) is 1.02. The molecule has 0 spiro atoms. The number of ether oxygens (including phenoxy) is 2. The maximum atomic E-state index is 12.3. The molecular weight excluding hydrogens is 175 g/mol. The summed E-state index contributed by atoms with van der Waals surface area (Å²) in [6.07, 6.45) is 0. The van der Waals surface area contributed by atoms with Gasteiger partial charge in [-0.3, -0.25) is 0 Å². The van der Waals surface area contributed by atoms with E-state index >= 15 is 0 Å². The van der Waals surface area contributed by atoms with Gasteiger partial charge in [-0.2, -0.15) is 0 Å². The summed E-state index contributed by atoms with van der Waals surface area (Å²) in [5.41, 5.74) is 0.192. The molecule has 0 aromatic heterocycles. The lowest BCUT2D eigenvalue weighted by Crippen LogP contribution is -1.92. The molecule has 0 saturated carbocycles. The quantitative estimate of drug-likeness (QED) is 0.783. The Labute approximate surface area is 75.7 Å². The van der Waals surface area contributed by atoms with E-state index in [4.69, 9.17) is 9.47 Å². The lowest BCUT2D eigenvalue weighted by atomic mass is 10.2. The fourth-order valence-corrected chi connectivity index (χ4v) is 1.02. The second-order valence-electron chi connectivity index (χ2n) is 2.47. The summed E-state index contributed by atoms with van der Waals surface area (Å²) in [5, 5.41) is 9.27. The van der Waals surface area contributed by atoms with Crippen LogP contribution >= 0.6 is 0 Å². The monoisotopic (exact) mass is 186 g/mol. The van der Waals surface area contributed by atoms with Gasteiger partial charge < -0.3 is 14.6 Å². The Morgan fingerprint density at radius 1 is 1.23 bits per heavy atom. The van der Waals surface area contributed by atoms with Crippen LogP contribution in [0.2, 0.25) is 0 Å². The smallest absolute Gasteiger partial charge is 0.164 e. The van der Waals surface area contributed by atoms with Crippen LogP contribution in [-0.2, 0) is 6.67 Å². The second-order valence-corrected chi connectivity index (χ2v) is 2.47. The number of hydrogen-bond donors (Lipinski definition) is 1. The molecule has 0 heterocycles. The molecule has 0 saturated heterocycles. The summed E-state index contributed by atoms with van der Waals surface area (Å²) in [5.74, 6) is 0.672. The molecule has 1 N–H and O–H groups in total. The van der Waals surface area contributed by atoms with E-state index in [1.54, 1.807) is 0 Å². The van der Waals surface area contributed by atoms with Gasteiger partial charge in [-0.1, -0.05) is 0 Å². The van der Waals surface area contributed by atoms with Crippen molar-refractivity contribution in [3.8, 4) is 17.2 Å². The predicted molar refractivity (Wildman–Crippen MR) is 46.0 cm³/mol. The zero-order valence-corrected chi connectivity index (χ0v) is 7.50. The number of aromatic hydroxyl groups is 1. The summed E-state index contributed by atoms with van der Waals surface area (Å²) in [4.78, 5) is 0. The third kappa shape index (κ3) is 1.83. The van der Waals surface area contributed by atoms with Gasteiger partial charge in [0.05, 0.1) is 14.2 Å². The van der Waals surface area contributed by atoms with Crippen molar-refractivity contribution in [2.45, 2.75) is 6.67 Å². The van der Waals surface area contributed by atoms with Crippen molar-refractivity contribution in [1.82, 2.24) is 0 Å². The lowest BCUT2D eigenvalue weighted by Gasteiger charge is -2.09. The van der Waals surface area contributed by atoms with E-state index in [9.17, 15) is 9.50 Å². The summed E-state index contributed by atoms with van der Waals surface area (Å²) in [6.45, 7) is -0.730. The molecule has 4 heteroatoms. The minimum absolute atomic E-state index is 0.125. The van der Waals surface area contributed by atoms with E-state index in [0.29, 0.717) is 11.5 Å². The Morgan fingerprint density at radius 2 is 1.77 bits per heavy atom. The molecule has 0 unspecified atom stereocenters. The Bertz CT molecular complexity index is 299. The van der Waals surface area contributed by atoms with Crippen molar-refractivity contribution < 1.29 is 19.0 Å². The number of benzene rings is 1. The summed E-state index contributed by atoms with van der Waals surface area (Å²) < 4.78 is 22.1. The molecule has 0 aliphatic rings. The molecule has 0 atom stereocenters. The largest absolute Gasteiger partial charge is 0.507 e. The molecule has 0 aliphatic carbocycles. The van der Waals surface area contributed by atoms with Crippen molar-refractivity contribution >= 4 is 0 Å². The van der Waals surface area contributed by atoms with E-state index in [1.165, 1.54) is 26.4 Å². The van der Waals surface area contributed by atoms with Crippen LogP contribution < -0.4 is 9.47 Å². The number of hydrogen-bond acceptors (Lipinski definition) is 3. The minimum Gasteiger partial charge on any atom is -0.507 e. The minimum atomic E-state index is -0.730. The molecule has 72 valence electrons. The first-order valence-electron chi connectivity index (χ1n) is 3.72. The highest BCUT2D eigenvalue weighted by molar-refractivity contribution is 5.49. The summed E-state index contributed by atoms with van der Waals surface area (Å²) in [6, 6.07) is 2.74. The van der Waals surface area contributed by atoms with Crippen LogP contribution in [0.25, 0.3) is 0 Å². The highest BCUT2D eigenvalue weighted by atomic mass is 19.1. The van der Waals surface area contributed by atoms with Crippen LogP contribution in [0.4, 0.5) is 4.39 Å². The Balaban J connectivity index is 3.18. The van der Waals surface area contributed by atoms with E-state index in [1.807, 2.05) is 0 Å². The first kappa shape index (κ1) is 9.64. The van der Waals surface area contributed by atoms with Gasteiger partial charge in [0.1, 0.15) is 12.4 Å². The van der Waals surface area contributed by atoms with E-state index in [0.717, 1.165) is 0 Å². The van der Waals surface area contributed by atoms with Crippen LogP contribution in [0.15, 0.2) is 12.1 Å². The van der Waals surface area contributed by atoms with Gasteiger partial charge in [0.15, 0.2) is 11.5 Å². The normalized spacial score (nSPS) is 9.77. The maximum absolute atomic E-state index is 12.3. The van der Waals surface area contributed by atoms with E-state index in [-0.39, 0.29) is 11.3 Å². The molecular formula is C9H11FO3. The Hall–Kier alpha value is -1.45. The van der Waals surface area contributed by atoms with Gasteiger partial charge in [-0.15, -0.1) is 0 Å². The highest BCUT2D eigenvalue weighted by Gasteiger charge is 2.09. The molecule has 1 aromatic rings. The van der Waals surface area contributed by atoms with Gasteiger partial charge in [-0.05, 0) is 6.07 Å². The van der Waals surface area contributed by atoms with Crippen LogP contribution in [0, 0.1) is 0 Å². The number of phenolic OH excluding ortho intramolecular Hbond substituents is 1. The van der Waals surface area contributed by atoms with Gasteiger partial charge in [0, 0.05) is 11.6 Å². The summed E-state index contributed by atoms with van der Waals surface area (Å²) in [7, 11) is 2.91. The maximum Gasteiger partial charge on any atom is 0.164 e. The fraction of sp³-hybridized carbons (Fsp3) is 0.333. The zero-order valence-electron chi connectivity index (χ0n) is 7.50. The molecule has 13 heavy (non-hydrogen) atoms. The van der Waals surface area contributed by atoms with Gasteiger partial charge in [0.2, 0.25) is 0 Å². The van der Waals surface area contributed by atoms with Crippen molar-refractivity contribution in [3.63, 3.8) is 0 Å². The third-order valence-corrected chi connectivity index (χ3v) is 1.73. The molecule has 0 amide bonds. The van der Waals surface area contributed by atoms with Crippen molar-refractivity contribution in [2.75, 3.05) is 14.2 Å². The molecule has 3 nitrogen and oxygen atoms in total. The van der Waals surface area contributed by atoms with Crippen molar-refractivity contribution in [1.29, 1.82) is 0 Å². The third-order valence-electron chi connectivity index (χ3n) is 1.73. The van der Waals surface area contributed by atoms with Crippen LogP contribution in [0.5, 0.6) is 17.2 Å². The standard InChI is InChI=1S/C9H11FO3/c1-12-8-3-6(5-10)7(11)4-9(8)13-2/h3-4,11H,5H2,1-2H3. The SMILES string of the molecule is COc1cc(O)c(CF)cc1OC. The van der Waals surface area contributed by atoms with Crippen LogP contribution in [0.1, 0.15) is 5.56 Å². The van der Waals surface area contributed by atoms with Gasteiger partial charge in [0.25, 0.3) is 0 Å². The lowest BCUT2D eigenvalue weighted by molar-refractivity contribution is 0.348. The van der Waals surface area contributed by atoms with Crippen LogP contribution in [0.3, 0.4) is 0 Å². The molecule has 0 fully saturated rings. The molecule has 0 bridgehead atoms. The van der Waals surface area contributed by atoms with Gasteiger partial charge in [-0.25, -0.2) is 4.39 Å². The predicted octanol–water partition coefficient (Wildman–Crippen LogP) is 1.88. The van der Waals surface area contributed by atoms with Crippen LogP contribution in [-0.4, -0.2) is 19.3 Å². The average molecular weight is 186 g/mol. The first-order valence-corrected chi connectivity index (χ1v) is 3.72. The molecule has 0 radical (unpaired) electrons. The molecule has 0 aliphatic heterocycles. The average Bonchev–Trinajstić information content (AvgIpc) is 2.17. The van der Waals surface area contributed by atoms with Crippen molar-refractivity contribution in [3.05, 3.63) is 17.7 Å². The van der Waals surface area contributed by atoms with Crippen molar-refractivity contribution in [2.24, 2.45) is 0 Å². The molecule has 1 aromatic carbocycles. The Morgan fingerprint density at radius 3 is 2.23 bits per heavy atom. The number of rotatable bonds is 3. The first-order chi connectivity index (χ1) is 6.22. The number of halogens is 1. The Kier molecular flexibility index (Phi) is 2.95. The number of alkyl halides is 1. The van der Waals surface area contributed by atoms with E-state index in [2.05, 4.69) is 0 Å². The number of phenols is 1. The topological polar surface area (TPSA) is 38.7 Å². The highest BCUT2D eigenvalue weighted by Crippen LogP contribution is 2.34. The second kappa shape index (κ2) is 3.98. The zero-order chi connectivity index (χ0) is 9.84. The number of methoxy groups -OCH3 is 2. The molecule has 1 rings (SSSR count). The van der Waals surface area contributed by atoms with E-state index < -0.39 is 6.67 Å².